The van der Waals surface area contributed by atoms with Crippen molar-refractivity contribution in [3.05, 3.63) is 105 Å². The maximum Gasteiger partial charge on any atom is 0.416 e. The molecule has 0 aliphatic heterocycles. The summed E-state index contributed by atoms with van der Waals surface area (Å²) in [5, 5.41) is 3.98. The van der Waals surface area contributed by atoms with Crippen molar-refractivity contribution < 1.29 is 31.1 Å². The average molecular weight is 687 g/mol. The van der Waals surface area contributed by atoms with Crippen LogP contribution in [-0.2, 0) is 22.7 Å². The van der Waals surface area contributed by atoms with Crippen molar-refractivity contribution in [2.45, 2.75) is 19.1 Å². The highest BCUT2D eigenvalue weighted by molar-refractivity contribution is 7.88. The Labute approximate surface area is 267 Å². The molecular formula is C30H25Cl3F3N3O4S. The Morgan fingerprint density at radius 3 is 2.18 bits per heavy atom. The zero-order valence-electron chi connectivity index (χ0n) is 23.0. The third kappa shape index (κ3) is 9.09. The highest BCUT2D eigenvalue weighted by Crippen LogP contribution is 2.39. The molecular weight excluding hydrogens is 662 g/mol. The predicted molar refractivity (Wildman–Crippen MR) is 166 cm³/mol. The van der Waals surface area contributed by atoms with Gasteiger partial charge in [-0.1, -0.05) is 53.0 Å². The molecule has 0 atom stereocenters. The Hall–Kier alpha value is -3.35. The molecule has 2 N–H and O–H groups in total. The molecule has 0 bridgehead atoms. The van der Waals surface area contributed by atoms with Crippen LogP contribution in [0.25, 0.3) is 22.4 Å². The second kappa shape index (κ2) is 14.2. The molecule has 232 valence electrons. The summed E-state index contributed by atoms with van der Waals surface area (Å²) in [5.74, 6) is -0.467. The van der Waals surface area contributed by atoms with Crippen LogP contribution in [-0.4, -0.2) is 38.7 Å². The van der Waals surface area contributed by atoms with Crippen LogP contribution in [0.1, 0.15) is 27.9 Å². The molecule has 44 heavy (non-hydrogen) atoms. The van der Waals surface area contributed by atoms with Gasteiger partial charge in [-0.2, -0.15) is 13.2 Å². The summed E-state index contributed by atoms with van der Waals surface area (Å²) in [7, 11) is -3.39. The lowest BCUT2D eigenvalue weighted by atomic mass is 9.97. The molecule has 0 saturated heterocycles. The van der Waals surface area contributed by atoms with Gasteiger partial charge in [0.1, 0.15) is 0 Å². The van der Waals surface area contributed by atoms with Crippen molar-refractivity contribution >= 4 is 50.7 Å². The van der Waals surface area contributed by atoms with Gasteiger partial charge in [-0.3, -0.25) is 4.79 Å². The van der Waals surface area contributed by atoms with Crippen molar-refractivity contribution in [3.63, 3.8) is 0 Å². The highest BCUT2D eigenvalue weighted by atomic mass is 35.5. The fourth-order valence-electron chi connectivity index (χ4n) is 4.12. The summed E-state index contributed by atoms with van der Waals surface area (Å²) in [4.78, 5) is 17.7. The van der Waals surface area contributed by atoms with E-state index in [1.807, 2.05) is 0 Å². The summed E-state index contributed by atoms with van der Waals surface area (Å²) in [6.45, 7) is 0.0979. The number of amides is 1. The van der Waals surface area contributed by atoms with Crippen LogP contribution in [0.3, 0.4) is 0 Å². The summed E-state index contributed by atoms with van der Waals surface area (Å²) in [5.41, 5.74) is 1.92. The fraction of sp³-hybridized carbons (Fsp3) is 0.200. The van der Waals surface area contributed by atoms with Gasteiger partial charge in [0.15, 0.2) is 0 Å². The van der Waals surface area contributed by atoms with E-state index in [9.17, 15) is 26.4 Å². The van der Waals surface area contributed by atoms with Crippen molar-refractivity contribution in [3.8, 4) is 28.3 Å². The van der Waals surface area contributed by atoms with Crippen LogP contribution in [0.2, 0.25) is 15.1 Å². The van der Waals surface area contributed by atoms with E-state index in [1.54, 1.807) is 48.5 Å². The van der Waals surface area contributed by atoms with Crippen LogP contribution >= 0.6 is 34.8 Å². The molecule has 1 amide bonds. The Morgan fingerprint density at radius 1 is 0.909 bits per heavy atom. The summed E-state index contributed by atoms with van der Waals surface area (Å²) in [6.07, 6.45) is -3.17. The third-order valence-electron chi connectivity index (χ3n) is 6.24. The molecule has 0 aliphatic rings. The smallest absolute Gasteiger partial charge is 0.416 e. The number of nitrogens with zero attached hydrogens (tertiary/aromatic N) is 1. The van der Waals surface area contributed by atoms with Gasteiger partial charge in [-0.15, -0.1) is 0 Å². The number of hydrogen-bond donors (Lipinski definition) is 2. The van der Waals surface area contributed by atoms with Crippen LogP contribution in [0.5, 0.6) is 5.88 Å². The van der Waals surface area contributed by atoms with E-state index in [-0.39, 0.29) is 31.1 Å². The number of benzene rings is 3. The van der Waals surface area contributed by atoms with Crippen molar-refractivity contribution in [1.82, 2.24) is 15.0 Å². The van der Waals surface area contributed by atoms with Crippen LogP contribution in [0, 0.1) is 0 Å². The van der Waals surface area contributed by atoms with Gasteiger partial charge in [0.05, 0.1) is 24.1 Å². The van der Waals surface area contributed by atoms with Gasteiger partial charge in [-0.05, 0) is 61.0 Å². The lowest BCUT2D eigenvalue weighted by Gasteiger charge is -2.18. The molecule has 1 heterocycles. The lowest BCUT2D eigenvalue weighted by Crippen LogP contribution is -2.25. The molecule has 7 nitrogen and oxygen atoms in total. The zero-order valence-corrected chi connectivity index (χ0v) is 26.1. The van der Waals surface area contributed by atoms with Gasteiger partial charge in [-0.25, -0.2) is 18.1 Å². The van der Waals surface area contributed by atoms with Crippen LogP contribution < -0.4 is 14.8 Å². The van der Waals surface area contributed by atoms with Gasteiger partial charge >= 0.3 is 6.18 Å². The van der Waals surface area contributed by atoms with E-state index < -0.39 is 27.7 Å². The second-order valence-corrected chi connectivity index (χ2v) is 12.7. The van der Waals surface area contributed by atoms with Gasteiger partial charge in [0, 0.05) is 56.0 Å². The Bertz CT molecular complexity index is 1750. The molecule has 14 heteroatoms. The minimum Gasteiger partial charge on any atom is -0.477 e. The lowest BCUT2D eigenvalue weighted by molar-refractivity contribution is -0.137. The number of alkyl halides is 3. The number of rotatable bonds is 11. The molecule has 0 fully saturated rings. The minimum atomic E-state index is -4.53. The normalized spacial score (nSPS) is 11.8. The van der Waals surface area contributed by atoms with E-state index in [0.717, 1.165) is 30.5 Å². The number of carbonyl (C=O) groups is 1. The highest BCUT2D eigenvalue weighted by Gasteiger charge is 2.30. The average Bonchev–Trinajstić information content (AvgIpc) is 2.95. The Balaban J connectivity index is 1.71. The first-order chi connectivity index (χ1) is 20.7. The van der Waals surface area contributed by atoms with E-state index in [4.69, 9.17) is 44.5 Å². The van der Waals surface area contributed by atoms with Crippen molar-refractivity contribution in [2.24, 2.45) is 0 Å². The SMILES string of the molecule is CS(=O)(=O)NCCCOc1nc(-c2ccc(Cl)cc2)c(-c2ccc(Cl)cc2Cl)cc1CNC(=O)c1ccc(C(F)(F)F)cc1. The van der Waals surface area contributed by atoms with Crippen molar-refractivity contribution in [2.75, 3.05) is 19.4 Å². The molecule has 3 aromatic carbocycles. The number of ether oxygens (including phenoxy) is 1. The molecule has 1 aromatic heterocycles. The Kier molecular flexibility index (Phi) is 10.8. The first-order valence-corrected chi connectivity index (χ1v) is 16.0. The minimum absolute atomic E-state index is 0.0269. The molecule has 0 unspecified atom stereocenters. The molecule has 0 aliphatic carbocycles. The number of hydrogen-bond acceptors (Lipinski definition) is 5. The maximum atomic E-state index is 13.0. The number of carbonyl (C=O) groups excluding carboxylic acids is 1. The van der Waals surface area contributed by atoms with Crippen LogP contribution in [0.15, 0.2) is 72.8 Å². The van der Waals surface area contributed by atoms with Gasteiger partial charge in [0.25, 0.3) is 5.91 Å². The van der Waals surface area contributed by atoms with E-state index >= 15 is 0 Å². The monoisotopic (exact) mass is 685 g/mol. The fourth-order valence-corrected chi connectivity index (χ4v) is 5.27. The third-order valence-corrected chi connectivity index (χ3v) is 7.77. The first kappa shape index (κ1) is 33.5. The molecule has 4 aromatic rings. The number of sulfonamides is 1. The quantitative estimate of drug-likeness (QED) is 0.158. The summed E-state index contributed by atoms with van der Waals surface area (Å²) in [6, 6.07) is 17.5. The molecule has 4 rings (SSSR count). The van der Waals surface area contributed by atoms with Crippen molar-refractivity contribution in [1.29, 1.82) is 0 Å². The Morgan fingerprint density at radius 2 is 1.57 bits per heavy atom. The number of halogens is 6. The number of pyridine rings is 1. The van der Waals surface area contributed by atoms with E-state index in [0.29, 0.717) is 49.4 Å². The second-order valence-electron chi connectivity index (χ2n) is 9.61. The van der Waals surface area contributed by atoms with Gasteiger partial charge < -0.3 is 10.1 Å². The van der Waals surface area contributed by atoms with E-state index in [1.165, 1.54) is 0 Å². The molecule has 0 spiro atoms. The summed E-state index contributed by atoms with van der Waals surface area (Å²) >= 11 is 18.8. The molecule has 0 radical (unpaired) electrons. The predicted octanol–water partition coefficient (Wildman–Crippen LogP) is 7.64. The largest absolute Gasteiger partial charge is 0.477 e. The first-order valence-electron chi connectivity index (χ1n) is 13.0. The van der Waals surface area contributed by atoms with Gasteiger partial charge in [0.2, 0.25) is 15.9 Å². The standard InChI is InChI=1S/C30H25Cl3F3N3O4S/c1-44(41,42)38-13-2-14-43-29-20(17-37-28(40)19-3-7-21(8-4-19)30(34,35)36)15-25(24-12-11-23(32)16-26(24)33)27(39-29)18-5-9-22(31)10-6-18/h3-12,15-16,38H,2,13-14,17H2,1H3,(H,37,40). The van der Waals surface area contributed by atoms with Crippen LogP contribution in [0.4, 0.5) is 13.2 Å². The maximum absolute atomic E-state index is 13.0. The number of aromatic nitrogens is 1. The zero-order chi connectivity index (χ0) is 32.1. The summed E-state index contributed by atoms with van der Waals surface area (Å²) < 4.78 is 70.1. The topological polar surface area (TPSA) is 97.4 Å². The number of nitrogens with one attached hydrogen (secondary N) is 2. The van der Waals surface area contributed by atoms with E-state index in [2.05, 4.69) is 10.0 Å². The molecule has 0 saturated carbocycles.